The Hall–Kier alpha value is -2.97. The van der Waals surface area contributed by atoms with Crippen LogP contribution < -0.4 is 5.56 Å². The largest absolute Gasteiger partial charge is 0.396 e. The molecule has 0 aromatic carbocycles. The zero-order chi connectivity index (χ0) is 15.4. The summed E-state index contributed by atoms with van der Waals surface area (Å²) in [6.07, 6.45) is 5.14. The van der Waals surface area contributed by atoms with Crippen LogP contribution in [0.4, 0.5) is 0 Å². The molecule has 108 valence electrons. The van der Waals surface area contributed by atoms with Gasteiger partial charge < -0.3 is 5.11 Å². The van der Waals surface area contributed by atoms with Crippen molar-refractivity contribution in [1.29, 1.82) is 0 Å². The Bertz CT molecular complexity index is 921. The van der Waals surface area contributed by atoms with Gasteiger partial charge in [0.05, 0.1) is 0 Å². The number of aliphatic hydroxyl groups is 1. The van der Waals surface area contributed by atoms with Gasteiger partial charge in [-0.15, -0.1) is 0 Å². The Morgan fingerprint density at radius 1 is 1.18 bits per heavy atom. The molecule has 0 radical (unpaired) electrons. The highest BCUT2D eigenvalue weighted by molar-refractivity contribution is 5.49. The zero-order valence-corrected chi connectivity index (χ0v) is 11.7. The summed E-state index contributed by atoms with van der Waals surface area (Å²) >= 11 is 0. The standard InChI is InChI=1S/C17H13N3O2/c21-10-7-14-12-19-16-11-13(6-9-20(16)17(14)22)4-5-15-3-1-2-8-18-15/h1-3,6,8-9,11-12,21H,7,10H2. The number of hydrogen-bond donors (Lipinski definition) is 1. The summed E-state index contributed by atoms with van der Waals surface area (Å²) in [5, 5.41) is 8.94. The molecule has 3 aromatic heterocycles. The molecule has 3 rings (SSSR count). The van der Waals surface area contributed by atoms with Crippen LogP contribution >= 0.6 is 0 Å². The molecular formula is C17H13N3O2. The molecule has 0 fully saturated rings. The first-order valence-corrected chi connectivity index (χ1v) is 6.82. The predicted octanol–water partition coefficient (Wildman–Crippen LogP) is 1.02. The van der Waals surface area contributed by atoms with E-state index in [9.17, 15) is 4.79 Å². The fourth-order valence-electron chi connectivity index (χ4n) is 2.06. The number of aromatic nitrogens is 3. The monoisotopic (exact) mass is 291 g/mol. The van der Waals surface area contributed by atoms with E-state index in [4.69, 9.17) is 5.11 Å². The Kier molecular flexibility index (Phi) is 3.95. The number of aliphatic hydroxyl groups excluding tert-OH is 1. The summed E-state index contributed by atoms with van der Waals surface area (Å²) in [7, 11) is 0. The summed E-state index contributed by atoms with van der Waals surface area (Å²) in [5.74, 6) is 5.97. The highest BCUT2D eigenvalue weighted by atomic mass is 16.3. The SMILES string of the molecule is O=c1c(CCO)cnc2cc(C#Cc3ccccn3)ccn12. The summed E-state index contributed by atoms with van der Waals surface area (Å²) in [6, 6.07) is 9.05. The number of nitrogens with zero attached hydrogens (tertiary/aromatic N) is 3. The van der Waals surface area contributed by atoms with Crippen molar-refractivity contribution in [2.45, 2.75) is 6.42 Å². The lowest BCUT2D eigenvalue weighted by atomic mass is 10.2. The van der Waals surface area contributed by atoms with Gasteiger partial charge in [0.1, 0.15) is 11.3 Å². The third kappa shape index (κ3) is 2.87. The van der Waals surface area contributed by atoms with Crippen molar-refractivity contribution in [2.75, 3.05) is 6.61 Å². The van der Waals surface area contributed by atoms with E-state index >= 15 is 0 Å². The molecule has 0 bridgehead atoms. The van der Waals surface area contributed by atoms with Crippen LogP contribution in [0.2, 0.25) is 0 Å². The molecule has 3 heterocycles. The van der Waals surface area contributed by atoms with E-state index in [0.29, 0.717) is 23.3 Å². The van der Waals surface area contributed by atoms with Crippen molar-refractivity contribution >= 4 is 5.65 Å². The van der Waals surface area contributed by atoms with Gasteiger partial charge in [0.15, 0.2) is 0 Å². The van der Waals surface area contributed by atoms with Crippen LogP contribution in [-0.2, 0) is 6.42 Å². The maximum absolute atomic E-state index is 12.2. The van der Waals surface area contributed by atoms with Crippen LogP contribution in [0.1, 0.15) is 16.8 Å². The first-order valence-electron chi connectivity index (χ1n) is 6.82. The fraction of sp³-hybridized carbons (Fsp3) is 0.118. The minimum absolute atomic E-state index is 0.0728. The first-order chi connectivity index (χ1) is 10.8. The second-order valence-corrected chi connectivity index (χ2v) is 4.67. The van der Waals surface area contributed by atoms with Crippen molar-refractivity contribution in [3.05, 3.63) is 76.1 Å². The van der Waals surface area contributed by atoms with Gasteiger partial charge >= 0.3 is 0 Å². The van der Waals surface area contributed by atoms with Crippen molar-refractivity contribution in [3.63, 3.8) is 0 Å². The lowest BCUT2D eigenvalue weighted by molar-refractivity contribution is 0.299. The lowest BCUT2D eigenvalue weighted by Crippen LogP contribution is -2.20. The average Bonchev–Trinajstić information content (AvgIpc) is 2.56. The van der Waals surface area contributed by atoms with Crippen molar-refractivity contribution in [2.24, 2.45) is 0 Å². The zero-order valence-electron chi connectivity index (χ0n) is 11.7. The molecule has 3 aromatic rings. The van der Waals surface area contributed by atoms with Gasteiger partial charge in [-0.1, -0.05) is 12.0 Å². The van der Waals surface area contributed by atoms with E-state index in [0.717, 1.165) is 5.56 Å². The molecule has 0 aliphatic rings. The molecule has 0 saturated carbocycles. The summed E-state index contributed by atoms with van der Waals surface area (Å²) in [4.78, 5) is 20.6. The van der Waals surface area contributed by atoms with Crippen molar-refractivity contribution in [1.82, 2.24) is 14.4 Å². The maximum atomic E-state index is 12.2. The van der Waals surface area contributed by atoms with Crippen molar-refractivity contribution in [3.8, 4) is 11.8 Å². The molecule has 0 aliphatic heterocycles. The minimum Gasteiger partial charge on any atom is -0.396 e. The summed E-state index contributed by atoms with van der Waals surface area (Å²) in [5.41, 5.74) is 2.30. The highest BCUT2D eigenvalue weighted by Crippen LogP contribution is 2.03. The highest BCUT2D eigenvalue weighted by Gasteiger charge is 2.04. The molecule has 5 heteroatoms. The first kappa shape index (κ1) is 14.0. The maximum Gasteiger partial charge on any atom is 0.261 e. The molecule has 0 amide bonds. The van der Waals surface area contributed by atoms with Crippen LogP contribution in [0.15, 0.2) is 53.7 Å². The Morgan fingerprint density at radius 2 is 2.09 bits per heavy atom. The molecule has 5 nitrogen and oxygen atoms in total. The molecule has 22 heavy (non-hydrogen) atoms. The molecular weight excluding hydrogens is 278 g/mol. The Balaban J connectivity index is 1.99. The summed E-state index contributed by atoms with van der Waals surface area (Å²) in [6.45, 7) is -0.0728. The predicted molar refractivity (Wildman–Crippen MR) is 82.5 cm³/mol. The van der Waals surface area contributed by atoms with E-state index in [1.54, 1.807) is 24.5 Å². The van der Waals surface area contributed by atoms with Gasteiger partial charge in [0.2, 0.25) is 0 Å². The molecule has 0 atom stereocenters. The average molecular weight is 291 g/mol. The number of fused-ring (bicyclic) bond motifs is 1. The lowest BCUT2D eigenvalue weighted by Gasteiger charge is -2.03. The van der Waals surface area contributed by atoms with E-state index in [2.05, 4.69) is 21.8 Å². The quantitative estimate of drug-likeness (QED) is 0.716. The smallest absolute Gasteiger partial charge is 0.261 e. The molecule has 0 saturated heterocycles. The van der Waals surface area contributed by atoms with Crippen LogP contribution in [0, 0.1) is 11.8 Å². The van der Waals surface area contributed by atoms with E-state index in [1.165, 1.54) is 10.6 Å². The molecule has 0 aliphatic carbocycles. The van der Waals surface area contributed by atoms with E-state index in [1.807, 2.05) is 18.2 Å². The minimum atomic E-state index is -0.164. The van der Waals surface area contributed by atoms with E-state index in [-0.39, 0.29) is 12.2 Å². The third-order valence-corrected chi connectivity index (χ3v) is 3.16. The van der Waals surface area contributed by atoms with Gasteiger partial charge in [0, 0.05) is 42.7 Å². The number of hydrogen-bond acceptors (Lipinski definition) is 4. The van der Waals surface area contributed by atoms with Crippen LogP contribution in [0.5, 0.6) is 0 Å². The Morgan fingerprint density at radius 3 is 2.86 bits per heavy atom. The Labute approximate surface area is 126 Å². The molecule has 1 N–H and O–H groups in total. The number of pyridine rings is 2. The van der Waals surface area contributed by atoms with Gasteiger partial charge in [-0.25, -0.2) is 9.97 Å². The van der Waals surface area contributed by atoms with Gasteiger partial charge in [-0.05, 0) is 30.2 Å². The number of rotatable bonds is 2. The summed E-state index contributed by atoms with van der Waals surface area (Å²) < 4.78 is 1.46. The van der Waals surface area contributed by atoms with Gasteiger partial charge in [0.25, 0.3) is 5.56 Å². The van der Waals surface area contributed by atoms with Crippen molar-refractivity contribution < 1.29 is 5.11 Å². The van der Waals surface area contributed by atoms with Crippen LogP contribution in [0.3, 0.4) is 0 Å². The second kappa shape index (κ2) is 6.20. The fourth-order valence-corrected chi connectivity index (χ4v) is 2.06. The van der Waals surface area contributed by atoms with Crippen LogP contribution in [0.25, 0.3) is 5.65 Å². The molecule has 0 spiro atoms. The van der Waals surface area contributed by atoms with Crippen LogP contribution in [-0.4, -0.2) is 26.1 Å². The topological polar surface area (TPSA) is 67.5 Å². The van der Waals surface area contributed by atoms with Gasteiger partial charge in [-0.2, -0.15) is 0 Å². The van der Waals surface area contributed by atoms with Gasteiger partial charge in [-0.3, -0.25) is 9.20 Å². The van der Waals surface area contributed by atoms with E-state index < -0.39 is 0 Å². The normalized spacial score (nSPS) is 10.2. The second-order valence-electron chi connectivity index (χ2n) is 4.67. The third-order valence-electron chi connectivity index (χ3n) is 3.16. The molecule has 0 unspecified atom stereocenters.